The number of carbonyl (C=O) groups is 1. The minimum atomic E-state index is -0.483. The van der Waals surface area contributed by atoms with Crippen LogP contribution >= 0.6 is 11.8 Å². The second kappa shape index (κ2) is 11.1. The predicted octanol–water partition coefficient (Wildman–Crippen LogP) is 7.03. The van der Waals surface area contributed by atoms with E-state index in [1.165, 1.54) is 11.8 Å². The summed E-state index contributed by atoms with van der Waals surface area (Å²) in [5.74, 6) is 0.510. The van der Waals surface area contributed by atoms with Crippen molar-refractivity contribution >= 4 is 23.4 Å². The Morgan fingerprint density at radius 1 is 1.00 bits per heavy atom. The van der Waals surface area contributed by atoms with Gasteiger partial charge in [0.1, 0.15) is 16.8 Å². The normalized spacial score (nSPS) is 11.4. The molecule has 36 heavy (non-hydrogen) atoms. The van der Waals surface area contributed by atoms with Crippen LogP contribution in [0.4, 0.5) is 5.69 Å². The summed E-state index contributed by atoms with van der Waals surface area (Å²) in [6, 6.07) is 27.6. The largest absolute Gasteiger partial charge is 0.496 e. The first-order valence-electron chi connectivity index (χ1n) is 11.6. The maximum absolute atomic E-state index is 13.1. The maximum atomic E-state index is 13.1. The van der Waals surface area contributed by atoms with Gasteiger partial charge in [-0.15, -0.1) is 0 Å². The zero-order valence-electron chi connectivity index (χ0n) is 20.7. The fourth-order valence-electron chi connectivity index (χ4n) is 3.84. The lowest BCUT2D eigenvalue weighted by Crippen LogP contribution is -2.23. The topological polar surface area (TPSA) is 75.0 Å². The summed E-state index contributed by atoms with van der Waals surface area (Å²) < 4.78 is 5.60. The van der Waals surface area contributed by atoms with E-state index in [9.17, 15) is 10.1 Å². The van der Waals surface area contributed by atoms with Crippen molar-refractivity contribution < 1.29 is 9.53 Å². The number of hydrogen-bond donors (Lipinski definition) is 1. The number of pyridine rings is 1. The minimum absolute atomic E-state index is 0.153. The number of nitriles is 1. The molecule has 0 aliphatic heterocycles. The van der Waals surface area contributed by atoms with Crippen LogP contribution in [0.1, 0.15) is 23.6 Å². The van der Waals surface area contributed by atoms with Gasteiger partial charge in [-0.2, -0.15) is 5.26 Å². The molecule has 0 bridgehead atoms. The molecule has 1 heterocycles. The number of ether oxygens (including phenoxy) is 1. The smallest absolute Gasteiger partial charge is 0.237 e. The molecule has 4 aromatic rings. The number of hydrogen-bond acceptors (Lipinski definition) is 5. The Balaban J connectivity index is 1.78. The first-order valence-corrected chi connectivity index (χ1v) is 12.5. The Kier molecular flexibility index (Phi) is 7.72. The molecule has 1 N–H and O–H groups in total. The second-order valence-electron chi connectivity index (χ2n) is 8.48. The Morgan fingerprint density at radius 3 is 2.39 bits per heavy atom. The lowest BCUT2D eigenvalue weighted by molar-refractivity contribution is -0.115. The van der Waals surface area contributed by atoms with Gasteiger partial charge in [0, 0.05) is 22.4 Å². The molecule has 1 aromatic heterocycles. The van der Waals surface area contributed by atoms with E-state index in [1.807, 2.05) is 99.6 Å². The summed E-state index contributed by atoms with van der Waals surface area (Å²) in [6.45, 7) is 5.81. The molecule has 0 aliphatic rings. The summed E-state index contributed by atoms with van der Waals surface area (Å²) in [5, 5.41) is 13.2. The highest BCUT2D eigenvalue weighted by molar-refractivity contribution is 8.00. The standard InChI is InChI=1S/C30H27N3O2S/c1-19-13-15-22(16-14-19)27-17-24(23-10-6-8-12-28(23)35-4)25(18-31)30(33-27)36-21(3)29(34)32-26-11-7-5-9-20(26)2/h5-17,21H,1-4H3,(H,32,34)/t21-/m1/s1. The molecule has 5 nitrogen and oxygen atoms in total. The lowest BCUT2D eigenvalue weighted by atomic mass is 9.98. The highest BCUT2D eigenvalue weighted by atomic mass is 32.2. The Bertz CT molecular complexity index is 1440. The molecule has 0 spiro atoms. The van der Waals surface area contributed by atoms with Crippen LogP contribution in [0.2, 0.25) is 0 Å². The molecule has 0 fully saturated rings. The number of benzene rings is 3. The van der Waals surface area contributed by atoms with E-state index in [0.717, 1.165) is 39.2 Å². The van der Waals surface area contributed by atoms with Gasteiger partial charge in [0.05, 0.1) is 23.6 Å². The van der Waals surface area contributed by atoms with Crippen LogP contribution in [0.15, 0.2) is 83.9 Å². The van der Waals surface area contributed by atoms with E-state index in [2.05, 4.69) is 11.4 Å². The van der Waals surface area contributed by atoms with Crippen LogP contribution in [-0.2, 0) is 4.79 Å². The number of rotatable bonds is 7. The van der Waals surface area contributed by atoms with E-state index < -0.39 is 5.25 Å². The zero-order valence-corrected chi connectivity index (χ0v) is 21.5. The van der Waals surface area contributed by atoms with Crippen molar-refractivity contribution in [3.63, 3.8) is 0 Å². The fraction of sp³-hybridized carbons (Fsp3) is 0.167. The summed E-state index contributed by atoms with van der Waals surface area (Å²) >= 11 is 1.28. The Hall–Kier alpha value is -4.08. The fourth-order valence-corrected chi connectivity index (χ4v) is 4.76. The number of nitrogens with one attached hydrogen (secondary N) is 1. The molecule has 0 unspecified atom stereocenters. The molecule has 1 atom stereocenters. The number of aromatic nitrogens is 1. The van der Waals surface area contributed by atoms with Gasteiger partial charge in [0.2, 0.25) is 5.91 Å². The number of para-hydroxylation sites is 2. The van der Waals surface area contributed by atoms with E-state index >= 15 is 0 Å². The number of thioether (sulfide) groups is 1. The number of carbonyl (C=O) groups excluding carboxylic acids is 1. The van der Waals surface area contributed by atoms with Crippen molar-refractivity contribution in [2.24, 2.45) is 0 Å². The van der Waals surface area contributed by atoms with Gasteiger partial charge in [0.25, 0.3) is 0 Å². The average molecular weight is 494 g/mol. The SMILES string of the molecule is COc1ccccc1-c1cc(-c2ccc(C)cc2)nc(S[C@H](C)C(=O)Nc2ccccc2C)c1C#N. The third kappa shape index (κ3) is 5.42. The lowest BCUT2D eigenvalue weighted by Gasteiger charge is -2.17. The number of methoxy groups -OCH3 is 1. The maximum Gasteiger partial charge on any atom is 0.237 e. The van der Waals surface area contributed by atoms with Crippen molar-refractivity contribution in [1.82, 2.24) is 4.98 Å². The molecule has 6 heteroatoms. The van der Waals surface area contributed by atoms with Gasteiger partial charge in [-0.05, 0) is 44.5 Å². The molecular weight excluding hydrogens is 466 g/mol. The van der Waals surface area contributed by atoms with Crippen LogP contribution in [0, 0.1) is 25.2 Å². The quantitative estimate of drug-likeness (QED) is 0.280. The zero-order chi connectivity index (χ0) is 25.7. The van der Waals surface area contributed by atoms with Crippen molar-refractivity contribution in [3.8, 4) is 34.2 Å². The summed E-state index contributed by atoms with van der Waals surface area (Å²) in [7, 11) is 1.61. The number of nitrogens with zero attached hydrogens (tertiary/aromatic N) is 2. The van der Waals surface area contributed by atoms with E-state index in [4.69, 9.17) is 9.72 Å². The van der Waals surface area contributed by atoms with Gasteiger partial charge in [-0.1, -0.05) is 78.0 Å². The van der Waals surface area contributed by atoms with Crippen molar-refractivity contribution in [3.05, 3.63) is 95.6 Å². The highest BCUT2D eigenvalue weighted by Gasteiger charge is 2.23. The van der Waals surface area contributed by atoms with Gasteiger partial charge in [-0.25, -0.2) is 4.98 Å². The number of aryl methyl sites for hydroxylation is 2. The first-order chi connectivity index (χ1) is 17.4. The molecule has 0 saturated carbocycles. The molecule has 4 rings (SSSR count). The minimum Gasteiger partial charge on any atom is -0.496 e. The summed E-state index contributed by atoms with van der Waals surface area (Å²) in [4.78, 5) is 17.9. The van der Waals surface area contributed by atoms with E-state index in [0.29, 0.717) is 16.3 Å². The molecule has 0 aliphatic carbocycles. The highest BCUT2D eigenvalue weighted by Crippen LogP contribution is 2.39. The van der Waals surface area contributed by atoms with Crippen LogP contribution < -0.4 is 10.1 Å². The van der Waals surface area contributed by atoms with Crippen molar-refractivity contribution in [1.29, 1.82) is 5.26 Å². The van der Waals surface area contributed by atoms with Gasteiger partial charge in [0.15, 0.2) is 0 Å². The predicted molar refractivity (Wildman–Crippen MR) is 146 cm³/mol. The third-order valence-corrected chi connectivity index (χ3v) is 6.99. The summed E-state index contributed by atoms with van der Waals surface area (Å²) in [6.07, 6.45) is 0. The summed E-state index contributed by atoms with van der Waals surface area (Å²) in [5.41, 5.74) is 6.49. The van der Waals surface area contributed by atoms with Crippen LogP contribution in [-0.4, -0.2) is 23.3 Å². The Morgan fingerprint density at radius 2 is 1.69 bits per heavy atom. The Labute approximate surface area is 216 Å². The van der Waals surface area contributed by atoms with Crippen molar-refractivity contribution in [2.75, 3.05) is 12.4 Å². The van der Waals surface area contributed by atoms with Crippen molar-refractivity contribution in [2.45, 2.75) is 31.0 Å². The third-order valence-electron chi connectivity index (χ3n) is 5.90. The number of amides is 1. The van der Waals surface area contributed by atoms with E-state index in [1.54, 1.807) is 7.11 Å². The molecular formula is C30H27N3O2S. The van der Waals surface area contributed by atoms with Gasteiger partial charge >= 0.3 is 0 Å². The van der Waals surface area contributed by atoms with Gasteiger partial charge in [-0.3, -0.25) is 4.79 Å². The van der Waals surface area contributed by atoms with Crippen LogP contribution in [0.25, 0.3) is 22.4 Å². The molecule has 0 saturated heterocycles. The monoisotopic (exact) mass is 493 g/mol. The molecule has 180 valence electrons. The molecule has 0 radical (unpaired) electrons. The molecule has 1 amide bonds. The van der Waals surface area contributed by atoms with Crippen LogP contribution in [0.3, 0.4) is 0 Å². The number of anilines is 1. The first kappa shape index (κ1) is 25.0. The van der Waals surface area contributed by atoms with E-state index in [-0.39, 0.29) is 5.91 Å². The molecule has 3 aromatic carbocycles. The average Bonchev–Trinajstić information content (AvgIpc) is 2.89. The van der Waals surface area contributed by atoms with Gasteiger partial charge < -0.3 is 10.1 Å². The second-order valence-corrected chi connectivity index (χ2v) is 9.81. The van der Waals surface area contributed by atoms with Crippen LogP contribution in [0.5, 0.6) is 5.75 Å².